The van der Waals surface area contributed by atoms with Gasteiger partial charge in [0.25, 0.3) is 5.91 Å². The van der Waals surface area contributed by atoms with E-state index in [1.807, 2.05) is 13.8 Å². The van der Waals surface area contributed by atoms with Crippen LogP contribution in [0.3, 0.4) is 0 Å². The van der Waals surface area contributed by atoms with Gasteiger partial charge in [0.1, 0.15) is 5.82 Å². The van der Waals surface area contributed by atoms with Gasteiger partial charge in [0.05, 0.1) is 5.41 Å². The molecule has 4 nitrogen and oxygen atoms in total. The number of benzene rings is 1. The van der Waals surface area contributed by atoms with Crippen molar-refractivity contribution in [3.05, 3.63) is 35.6 Å². The third-order valence-corrected chi connectivity index (χ3v) is 4.33. The summed E-state index contributed by atoms with van der Waals surface area (Å²) in [6.07, 6.45) is 2.31. The number of ether oxygens (including phenoxy) is 1. The van der Waals surface area contributed by atoms with Crippen LogP contribution in [-0.2, 0) is 19.7 Å². The second-order valence-corrected chi connectivity index (χ2v) is 6.51. The molecule has 5 heteroatoms. The van der Waals surface area contributed by atoms with Crippen LogP contribution in [0.25, 0.3) is 0 Å². The van der Waals surface area contributed by atoms with Crippen molar-refractivity contribution in [3.8, 4) is 0 Å². The van der Waals surface area contributed by atoms with E-state index in [-0.39, 0.29) is 17.8 Å². The molecule has 0 unspecified atom stereocenters. The topological polar surface area (TPSA) is 55.4 Å². The number of halogens is 1. The van der Waals surface area contributed by atoms with Gasteiger partial charge in [-0.2, -0.15) is 0 Å². The van der Waals surface area contributed by atoms with E-state index < -0.39 is 17.5 Å². The predicted octanol–water partition coefficient (Wildman–Crippen LogP) is 3.09. The molecule has 0 bridgehead atoms. The molecule has 126 valence electrons. The number of carbonyl (C=O) groups excluding carboxylic acids is 2. The highest BCUT2D eigenvalue weighted by molar-refractivity contribution is 5.88. The molecule has 0 heterocycles. The molecule has 2 rings (SSSR count). The summed E-state index contributed by atoms with van der Waals surface area (Å²) in [4.78, 5) is 24.7. The number of nitrogens with one attached hydrogen (secondary N) is 1. The van der Waals surface area contributed by atoms with Gasteiger partial charge in [0.15, 0.2) is 6.10 Å². The van der Waals surface area contributed by atoms with Gasteiger partial charge in [-0.05, 0) is 51.3 Å². The zero-order chi connectivity index (χ0) is 17.0. The van der Waals surface area contributed by atoms with E-state index in [1.165, 1.54) is 12.1 Å². The maximum atomic E-state index is 13.2. The monoisotopic (exact) mass is 321 g/mol. The van der Waals surface area contributed by atoms with E-state index in [0.717, 1.165) is 18.4 Å². The van der Waals surface area contributed by atoms with Crippen molar-refractivity contribution in [2.45, 2.75) is 64.0 Å². The number of hydrogen-bond donors (Lipinski definition) is 1. The van der Waals surface area contributed by atoms with E-state index >= 15 is 0 Å². The molecular weight excluding hydrogens is 297 g/mol. The molecule has 1 aliphatic carbocycles. The van der Waals surface area contributed by atoms with E-state index in [1.54, 1.807) is 19.1 Å². The fourth-order valence-corrected chi connectivity index (χ4v) is 3.09. The Morgan fingerprint density at radius 1 is 1.13 bits per heavy atom. The second kappa shape index (κ2) is 7.11. The van der Waals surface area contributed by atoms with Crippen LogP contribution in [0, 0.1) is 5.82 Å². The van der Waals surface area contributed by atoms with E-state index in [0.29, 0.717) is 12.8 Å². The van der Waals surface area contributed by atoms with Gasteiger partial charge in [-0.3, -0.25) is 9.59 Å². The minimum atomic E-state index is -0.845. The molecule has 0 aromatic heterocycles. The molecule has 1 aliphatic rings. The van der Waals surface area contributed by atoms with Crippen molar-refractivity contribution in [1.29, 1.82) is 0 Å². The number of carbonyl (C=O) groups is 2. The van der Waals surface area contributed by atoms with Crippen LogP contribution in [0.5, 0.6) is 0 Å². The molecular formula is C18H24FNO3. The molecule has 1 atom stereocenters. The lowest BCUT2D eigenvalue weighted by molar-refractivity contribution is -0.160. The summed E-state index contributed by atoms with van der Waals surface area (Å²) < 4.78 is 18.6. The van der Waals surface area contributed by atoms with Crippen LogP contribution in [0.15, 0.2) is 24.3 Å². The first-order valence-electron chi connectivity index (χ1n) is 8.12. The molecule has 0 spiro atoms. The van der Waals surface area contributed by atoms with Gasteiger partial charge in [-0.25, -0.2) is 4.39 Å². The number of hydrogen-bond acceptors (Lipinski definition) is 3. The Bertz CT molecular complexity index is 562. The molecule has 0 aliphatic heterocycles. The van der Waals surface area contributed by atoms with E-state index in [4.69, 9.17) is 4.74 Å². The summed E-state index contributed by atoms with van der Waals surface area (Å²) in [6.45, 7) is 5.27. The van der Waals surface area contributed by atoms with Crippen molar-refractivity contribution in [3.63, 3.8) is 0 Å². The number of esters is 1. The molecule has 1 fully saturated rings. The Labute approximate surface area is 136 Å². The molecule has 1 aromatic carbocycles. The Balaban J connectivity index is 2.16. The van der Waals surface area contributed by atoms with Gasteiger partial charge in [-0.15, -0.1) is 0 Å². The summed E-state index contributed by atoms with van der Waals surface area (Å²) in [6, 6.07) is 5.98. The van der Waals surface area contributed by atoms with Gasteiger partial charge in [0.2, 0.25) is 0 Å². The molecule has 1 aromatic rings. The average Bonchev–Trinajstić information content (AvgIpc) is 2.98. The smallest absolute Gasteiger partial charge is 0.317 e. The summed E-state index contributed by atoms with van der Waals surface area (Å²) in [5, 5.41) is 2.73. The van der Waals surface area contributed by atoms with Gasteiger partial charge in [0, 0.05) is 6.04 Å². The van der Waals surface area contributed by atoms with Gasteiger partial charge in [-0.1, -0.05) is 25.0 Å². The highest BCUT2D eigenvalue weighted by atomic mass is 19.1. The quantitative estimate of drug-likeness (QED) is 0.848. The third-order valence-electron chi connectivity index (χ3n) is 4.33. The van der Waals surface area contributed by atoms with E-state index in [2.05, 4.69) is 5.32 Å². The largest absolute Gasteiger partial charge is 0.452 e. The molecule has 1 N–H and O–H groups in total. The minimum Gasteiger partial charge on any atom is -0.452 e. The third kappa shape index (κ3) is 3.89. The lowest BCUT2D eigenvalue weighted by Gasteiger charge is -2.29. The zero-order valence-electron chi connectivity index (χ0n) is 13.9. The highest BCUT2D eigenvalue weighted by Gasteiger charge is 2.45. The first kappa shape index (κ1) is 17.4. The lowest BCUT2D eigenvalue weighted by atomic mass is 9.79. The van der Waals surface area contributed by atoms with Crippen LogP contribution in [0.1, 0.15) is 52.0 Å². The van der Waals surface area contributed by atoms with Crippen LogP contribution in [0.2, 0.25) is 0 Å². The molecule has 0 saturated heterocycles. The normalized spacial score (nSPS) is 17.8. The highest BCUT2D eigenvalue weighted by Crippen LogP contribution is 2.42. The van der Waals surface area contributed by atoms with E-state index in [9.17, 15) is 14.0 Å². The van der Waals surface area contributed by atoms with Crippen molar-refractivity contribution in [1.82, 2.24) is 5.32 Å². The maximum absolute atomic E-state index is 13.2. The van der Waals surface area contributed by atoms with Gasteiger partial charge >= 0.3 is 5.97 Å². The minimum absolute atomic E-state index is 0.0128. The number of amides is 1. The molecule has 1 saturated carbocycles. The molecule has 1 amide bonds. The van der Waals surface area contributed by atoms with Crippen LogP contribution in [0.4, 0.5) is 4.39 Å². The van der Waals surface area contributed by atoms with Crippen molar-refractivity contribution >= 4 is 11.9 Å². The Hall–Kier alpha value is -1.91. The first-order chi connectivity index (χ1) is 10.8. The maximum Gasteiger partial charge on any atom is 0.317 e. The van der Waals surface area contributed by atoms with Crippen LogP contribution >= 0.6 is 0 Å². The second-order valence-electron chi connectivity index (χ2n) is 6.51. The van der Waals surface area contributed by atoms with Crippen LogP contribution in [-0.4, -0.2) is 24.0 Å². The van der Waals surface area contributed by atoms with Crippen molar-refractivity contribution in [2.75, 3.05) is 0 Å². The average molecular weight is 321 g/mol. The lowest BCUT2D eigenvalue weighted by Crippen LogP contribution is -2.43. The zero-order valence-corrected chi connectivity index (χ0v) is 13.9. The molecule has 23 heavy (non-hydrogen) atoms. The number of rotatable bonds is 5. The summed E-state index contributed by atoms with van der Waals surface area (Å²) in [7, 11) is 0. The molecule has 0 radical (unpaired) electrons. The summed E-state index contributed by atoms with van der Waals surface area (Å²) in [5.41, 5.74) is -0.00190. The SMILES string of the molecule is CC(C)NC(=O)[C@H](C)OC(=O)C1(c2ccc(F)cc2)CCCC1. The summed E-state index contributed by atoms with van der Waals surface area (Å²) in [5.74, 6) is -1.03. The van der Waals surface area contributed by atoms with Crippen molar-refractivity contribution < 1.29 is 18.7 Å². The standard InChI is InChI=1S/C18H24FNO3/c1-12(2)20-16(21)13(3)23-17(22)18(10-4-5-11-18)14-6-8-15(19)9-7-14/h6-9,12-13H,4-5,10-11H2,1-3H3,(H,20,21)/t13-/m0/s1. The fourth-order valence-electron chi connectivity index (χ4n) is 3.09. The summed E-state index contributed by atoms with van der Waals surface area (Å²) >= 11 is 0. The van der Waals surface area contributed by atoms with Crippen LogP contribution < -0.4 is 5.32 Å². The predicted molar refractivity (Wildman–Crippen MR) is 85.4 cm³/mol. The fraction of sp³-hybridized carbons (Fsp3) is 0.556. The van der Waals surface area contributed by atoms with Crippen molar-refractivity contribution in [2.24, 2.45) is 0 Å². The Morgan fingerprint density at radius 2 is 1.70 bits per heavy atom. The van der Waals surface area contributed by atoms with Gasteiger partial charge < -0.3 is 10.1 Å². The first-order valence-corrected chi connectivity index (χ1v) is 8.12. The Morgan fingerprint density at radius 3 is 2.22 bits per heavy atom. The Kier molecular flexibility index (Phi) is 5.39.